The summed E-state index contributed by atoms with van der Waals surface area (Å²) in [6, 6.07) is 12.4. The third-order valence-electron chi connectivity index (χ3n) is 3.73. The predicted molar refractivity (Wildman–Crippen MR) is 99.6 cm³/mol. The molecule has 0 aliphatic carbocycles. The Morgan fingerprint density at radius 1 is 1.15 bits per heavy atom. The number of amides is 1. The van der Waals surface area contributed by atoms with E-state index in [0.29, 0.717) is 28.4 Å². The van der Waals surface area contributed by atoms with Gasteiger partial charge in [0.2, 0.25) is 0 Å². The minimum Gasteiger partial charge on any atom is -0.451 e. The van der Waals surface area contributed by atoms with Crippen LogP contribution < -0.4 is 5.32 Å². The highest BCUT2D eigenvalue weighted by atomic mass is 35.5. The van der Waals surface area contributed by atoms with Crippen LogP contribution in [0, 0.1) is 0 Å². The number of H-pyrrole nitrogens is 1. The van der Waals surface area contributed by atoms with Gasteiger partial charge in [-0.15, -0.1) is 0 Å². The van der Waals surface area contributed by atoms with Crippen molar-refractivity contribution in [3.63, 3.8) is 0 Å². The lowest BCUT2D eigenvalue weighted by Gasteiger charge is -2.07. The zero-order valence-electron chi connectivity index (χ0n) is 13.6. The Hall–Kier alpha value is -2.57. The minimum atomic E-state index is -0.654. The maximum absolute atomic E-state index is 12.1. The van der Waals surface area contributed by atoms with Crippen LogP contribution in [0.25, 0.3) is 10.9 Å². The second-order valence-electron chi connectivity index (χ2n) is 5.53. The van der Waals surface area contributed by atoms with Gasteiger partial charge in [0, 0.05) is 22.0 Å². The molecule has 3 aromatic rings. The summed E-state index contributed by atoms with van der Waals surface area (Å²) in [7, 11) is 0. The number of hydrogen-bond acceptors (Lipinski definition) is 4. The largest absolute Gasteiger partial charge is 0.451 e. The molecule has 1 aromatic heterocycles. The molecule has 1 amide bonds. The topological polar surface area (TPSA) is 84.1 Å². The highest BCUT2D eigenvalue weighted by Gasteiger charge is 2.16. The van der Waals surface area contributed by atoms with E-state index in [-0.39, 0.29) is 12.3 Å². The second-order valence-corrected chi connectivity index (χ2v) is 6.37. The van der Waals surface area contributed by atoms with Gasteiger partial charge < -0.3 is 10.1 Å². The fourth-order valence-electron chi connectivity index (χ4n) is 2.43. The standard InChI is InChI=1S/C18H15Cl2N3O3/c19-12-6-5-11(14(20)9-12)7-8-21-16(24)10-26-18(25)17-13-3-1-2-4-15(13)22-23-17/h1-6,9H,7-8,10H2,(H,21,24)(H,22,23). The lowest BCUT2D eigenvalue weighted by Crippen LogP contribution is -2.30. The molecule has 2 N–H and O–H groups in total. The summed E-state index contributed by atoms with van der Waals surface area (Å²) in [5, 5.41) is 11.1. The molecule has 0 bridgehead atoms. The summed E-state index contributed by atoms with van der Waals surface area (Å²) in [6.07, 6.45) is 0.541. The van der Waals surface area contributed by atoms with Gasteiger partial charge in [-0.3, -0.25) is 9.89 Å². The number of para-hydroxylation sites is 1. The van der Waals surface area contributed by atoms with E-state index in [1.54, 1.807) is 36.4 Å². The van der Waals surface area contributed by atoms with Gasteiger partial charge in [-0.05, 0) is 30.2 Å². The molecule has 6 nitrogen and oxygen atoms in total. The van der Waals surface area contributed by atoms with Gasteiger partial charge in [-0.2, -0.15) is 5.10 Å². The normalized spacial score (nSPS) is 10.7. The van der Waals surface area contributed by atoms with Crippen molar-refractivity contribution in [2.24, 2.45) is 0 Å². The lowest BCUT2D eigenvalue weighted by molar-refractivity contribution is -0.124. The van der Waals surface area contributed by atoms with Crippen LogP contribution in [0.5, 0.6) is 0 Å². The second kappa shape index (κ2) is 8.21. The number of nitrogens with zero attached hydrogens (tertiary/aromatic N) is 1. The monoisotopic (exact) mass is 391 g/mol. The number of aromatic amines is 1. The van der Waals surface area contributed by atoms with Gasteiger partial charge >= 0.3 is 5.97 Å². The fourth-order valence-corrected chi connectivity index (χ4v) is 2.93. The Morgan fingerprint density at radius 3 is 2.77 bits per heavy atom. The molecular weight excluding hydrogens is 377 g/mol. The van der Waals surface area contributed by atoms with Crippen molar-refractivity contribution >= 4 is 46.0 Å². The number of nitrogens with one attached hydrogen (secondary N) is 2. The van der Waals surface area contributed by atoms with Gasteiger partial charge in [0.1, 0.15) is 0 Å². The average molecular weight is 392 g/mol. The molecule has 0 unspecified atom stereocenters. The van der Waals surface area contributed by atoms with Crippen LogP contribution in [-0.2, 0) is 16.0 Å². The molecule has 0 aliphatic heterocycles. The minimum absolute atomic E-state index is 0.154. The molecule has 0 aliphatic rings. The number of rotatable bonds is 6. The Balaban J connectivity index is 1.47. The number of hydrogen-bond donors (Lipinski definition) is 2. The number of halogens is 2. The van der Waals surface area contributed by atoms with Crippen LogP contribution in [0.3, 0.4) is 0 Å². The first-order valence-electron chi connectivity index (χ1n) is 7.85. The average Bonchev–Trinajstić information content (AvgIpc) is 3.06. The molecule has 2 aromatic carbocycles. The maximum atomic E-state index is 12.1. The zero-order valence-corrected chi connectivity index (χ0v) is 15.1. The van der Waals surface area contributed by atoms with Crippen LogP contribution in [0.2, 0.25) is 10.0 Å². The predicted octanol–water partition coefficient (Wildman–Crippen LogP) is 3.39. The smallest absolute Gasteiger partial charge is 0.359 e. The van der Waals surface area contributed by atoms with Crippen molar-refractivity contribution in [2.45, 2.75) is 6.42 Å². The number of esters is 1. The van der Waals surface area contributed by atoms with Crippen LogP contribution in [0.4, 0.5) is 0 Å². The third kappa shape index (κ3) is 4.33. The zero-order chi connectivity index (χ0) is 18.5. The molecule has 8 heteroatoms. The van der Waals surface area contributed by atoms with Gasteiger partial charge in [0.15, 0.2) is 12.3 Å². The molecular formula is C18H15Cl2N3O3. The van der Waals surface area contributed by atoms with E-state index in [0.717, 1.165) is 11.1 Å². The van der Waals surface area contributed by atoms with E-state index in [2.05, 4.69) is 15.5 Å². The first-order valence-corrected chi connectivity index (χ1v) is 8.61. The van der Waals surface area contributed by atoms with Crippen LogP contribution >= 0.6 is 23.2 Å². The molecule has 0 fully saturated rings. The highest BCUT2D eigenvalue weighted by molar-refractivity contribution is 6.35. The van der Waals surface area contributed by atoms with Crippen molar-refractivity contribution in [2.75, 3.05) is 13.2 Å². The Labute approximate surface area is 159 Å². The van der Waals surface area contributed by atoms with E-state index < -0.39 is 11.9 Å². The van der Waals surface area contributed by atoms with Crippen LogP contribution in [0.1, 0.15) is 16.1 Å². The highest BCUT2D eigenvalue weighted by Crippen LogP contribution is 2.21. The fraction of sp³-hybridized carbons (Fsp3) is 0.167. The van der Waals surface area contributed by atoms with Crippen LogP contribution in [-0.4, -0.2) is 35.2 Å². The number of fused-ring (bicyclic) bond motifs is 1. The number of ether oxygens (including phenoxy) is 1. The molecule has 26 heavy (non-hydrogen) atoms. The van der Waals surface area contributed by atoms with Crippen molar-refractivity contribution in [3.05, 3.63) is 63.8 Å². The molecule has 0 saturated carbocycles. The van der Waals surface area contributed by atoms with E-state index in [1.165, 1.54) is 0 Å². The Morgan fingerprint density at radius 2 is 1.96 bits per heavy atom. The summed E-state index contributed by atoms with van der Waals surface area (Å²) in [5.74, 6) is -1.05. The van der Waals surface area contributed by atoms with E-state index in [9.17, 15) is 9.59 Å². The number of aromatic nitrogens is 2. The molecule has 3 rings (SSSR count). The Bertz CT molecular complexity index is 956. The summed E-state index contributed by atoms with van der Waals surface area (Å²) in [6.45, 7) is -0.0164. The van der Waals surface area contributed by atoms with E-state index >= 15 is 0 Å². The summed E-state index contributed by atoms with van der Waals surface area (Å²) in [5.41, 5.74) is 1.75. The summed E-state index contributed by atoms with van der Waals surface area (Å²) < 4.78 is 5.02. The van der Waals surface area contributed by atoms with Gasteiger partial charge in [-0.25, -0.2) is 4.79 Å². The summed E-state index contributed by atoms with van der Waals surface area (Å²) in [4.78, 5) is 23.9. The maximum Gasteiger partial charge on any atom is 0.359 e. The number of benzene rings is 2. The molecule has 134 valence electrons. The molecule has 1 heterocycles. The SMILES string of the molecule is O=C(COC(=O)c1n[nH]c2ccccc12)NCCc1ccc(Cl)cc1Cl. The molecule has 0 atom stereocenters. The van der Waals surface area contributed by atoms with Gasteiger partial charge in [-0.1, -0.05) is 47.5 Å². The van der Waals surface area contributed by atoms with Crippen LogP contribution in [0.15, 0.2) is 42.5 Å². The molecule has 0 radical (unpaired) electrons. The van der Waals surface area contributed by atoms with E-state index in [4.69, 9.17) is 27.9 Å². The molecule has 0 spiro atoms. The first kappa shape index (κ1) is 18.2. The van der Waals surface area contributed by atoms with Crippen molar-refractivity contribution in [3.8, 4) is 0 Å². The summed E-state index contributed by atoms with van der Waals surface area (Å²) >= 11 is 11.9. The van der Waals surface area contributed by atoms with E-state index in [1.807, 2.05) is 6.07 Å². The lowest BCUT2D eigenvalue weighted by atomic mass is 10.1. The first-order chi connectivity index (χ1) is 12.5. The number of carbonyl (C=O) groups is 2. The molecule has 0 saturated heterocycles. The van der Waals surface area contributed by atoms with Gasteiger partial charge in [0.05, 0.1) is 5.52 Å². The van der Waals surface area contributed by atoms with Crippen molar-refractivity contribution in [1.82, 2.24) is 15.5 Å². The van der Waals surface area contributed by atoms with Gasteiger partial charge in [0.25, 0.3) is 5.91 Å². The number of carbonyl (C=O) groups excluding carboxylic acids is 2. The quantitative estimate of drug-likeness (QED) is 0.630. The van der Waals surface area contributed by atoms with Crippen molar-refractivity contribution in [1.29, 1.82) is 0 Å². The Kier molecular flexibility index (Phi) is 5.75. The third-order valence-corrected chi connectivity index (χ3v) is 4.32. The van der Waals surface area contributed by atoms with Crippen molar-refractivity contribution < 1.29 is 14.3 Å².